The largest absolute Gasteiger partial charge is 0.497 e. The average molecular weight is 360 g/mol. The van der Waals surface area contributed by atoms with Gasteiger partial charge in [0.15, 0.2) is 11.3 Å². The van der Waals surface area contributed by atoms with Crippen molar-refractivity contribution in [3.63, 3.8) is 0 Å². The summed E-state index contributed by atoms with van der Waals surface area (Å²) in [6, 6.07) is 21.8. The summed E-state index contributed by atoms with van der Waals surface area (Å²) in [5.74, 6) is 2.15. The molecule has 4 aromatic rings. The zero-order chi connectivity index (χ0) is 18.6. The molecule has 0 unspecified atom stereocenters. The first-order chi connectivity index (χ1) is 13.3. The Bertz CT molecular complexity index is 1050. The molecule has 1 aromatic heterocycles. The molecule has 27 heavy (non-hydrogen) atoms. The van der Waals surface area contributed by atoms with Gasteiger partial charge in [-0.15, -0.1) is 0 Å². The molecule has 0 aliphatic rings. The van der Waals surface area contributed by atoms with Gasteiger partial charge in [0.25, 0.3) is 0 Å². The second-order valence-corrected chi connectivity index (χ2v) is 6.13. The topological polar surface area (TPSA) is 40.8 Å². The molecule has 3 aromatic carbocycles. The molecule has 1 heterocycles. The molecule has 0 N–H and O–H groups in total. The van der Waals surface area contributed by atoms with E-state index >= 15 is 0 Å². The second-order valence-electron chi connectivity index (χ2n) is 6.13. The molecule has 0 atom stereocenters. The van der Waals surface area contributed by atoms with Gasteiger partial charge < -0.3 is 18.6 Å². The van der Waals surface area contributed by atoms with Gasteiger partial charge in [-0.05, 0) is 17.7 Å². The minimum absolute atomic E-state index is 0.500. The Morgan fingerprint density at radius 3 is 2.33 bits per heavy atom. The van der Waals surface area contributed by atoms with Crippen molar-refractivity contribution in [1.29, 1.82) is 0 Å². The minimum Gasteiger partial charge on any atom is -0.497 e. The van der Waals surface area contributed by atoms with Gasteiger partial charge in [0.1, 0.15) is 18.1 Å². The van der Waals surface area contributed by atoms with Crippen LogP contribution in [0.3, 0.4) is 0 Å². The molecule has 0 fully saturated rings. The molecular formula is C23H20O4. The summed E-state index contributed by atoms with van der Waals surface area (Å²) in [5, 5.41) is 0.918. The van der Waals surface area contributed by atoms with E-state index in [1.165, 1.54) is 0 Å². The number of benzene rings is 3. The van der Waals surface area contributed by atoms with Gasteiger partial charge in [-0.25, -0.2) is 0 Å². The van der Waals surface area contributed by atoms with Crippen LogP contribution in [-0.4, -0.2) is 14.2 Å². The predicted octanol–water partition coefficient (Wildman–Crippen LogP) is 5.70. The van der Waals surface area contributed by atoms with Crippen LogP contribution in [0.4, 0.5) is 0 Å². The van der Waals surface area contributed by atoms with Crippen molar-refractivity contribution < 1.29 is 18.6 Å². The van der Waals surface area contributed by atoms with E-state index in [0.717, 1.165) is 27.8 Å². The summed E-state index contributed by atoms with van der Waals surface area (Å²) < 4.78 is 22.8. The lowest BCUT2D eigenvalue weighted by Crippen LogP contribution is -1.96. The van der Waals surface area contributed by atoms with Gasteiger partial charge in [0.05, 0.1) is 20.5 Å². The van der Waals surface area contributed by atoms with Crippen molar-refractivity contribution in [2.45, 2.75) is 6.61 Å². The maximum absolute atomic E-state index is 6.10. The van der Waals surface area contributed by atoms with Crippen LogP contribution in [-0.2, 0) is 6.61 Å². The highest BCUT2D eigenvalue weighted by Gasteiger charge is 2.17. The minimum atomic E-state index is 0.500. The molecule has 0 amide bonds. The molecule has 136 valence electrons. The zero-order valence-corrected chi connectivity index (χ0v) is 15.3. The highest BCUT2D eigenvalue weighted by Crippen LogP contribution is 2.41. The first-order valence-corrected chi connectivity index (χ1v) is 8.69. The molecule has 0 saturated heterocycles. The van der Waals surface area contributed by atoms with Crippen LogP contribution in [0.5, 0.6) is 17.2 Å². The molecule has 4 rings (SSSR count). The number of para-hydroxylation sites is 1. The van der Waals surface area contributed by atoms with E-state index < -0.39 is 0 Å². The van der Waals surface area contributed by atoms with Crippen molar-refractivity contribution >= 4 is 11.0 Å². The molecule has 0 aliphatic heterocycles. The van der Waals surface area contributed by atoms with Gasteiger partial charge in [-0.1, -0.05) is 48.5 Å². The summed E-state index contributed by atoms with van der Waals surface area (Å²) in [5.41, 5.74) is 3.70. The maximum Gasteiger partial charge on any atom is 0.176 e. The Morgan fingerprint density at radius 2 is 1.56 bits per heavy atom. The fourth-order valence-electron chi connectivity index (χ4n) is 3.11. The van der Waals surface area contributed by atoms with Crippen molar-refractivity contribution in [3.05, 3.63) is 78.6 Å². The first-order valence-electron chi connectivity index (χ1n) is 8.69. The number of rotatable bonds is 6. The molecule has 4 heteroatoms. The van der Waals surface area contributed by atoms with Crippen molar-refractivity contribution in [1.82, 2.24) is 0 Å². The van der Waals surface area contributed by atoms with Crippen LogP contribution < -0.4 is 14.2 Å². The number of hydrogen-bond acceptors (Lipinski definition) is 4. The van der Waals surface area contributed by atoms with Crippen molar-refractivity contribution in [2.75, 3.05) is 14.2 Å². The van der Waals surface area contributed by atoms with E-state index in [-0.39, 0.29) is 0 Å². The van der Waals surface area contributed by atoms with E-state index in [4.69, 9.17) is 18.6 Å². The smallest absolute Gasteiger partial charge is 0.176 e. The third-order valence-corrected chi connectivity index (χ3v) is 4.48. The van der Waals surface area contributed by atoms with E-state index in [1.807, 2.05) is 66.7 Å². The average Bonchev–Trinajstić information content (AvgIpc) is 3.16. The maximum atomic E-state index is 6.10. The summed E-state index contributed by atoms with van der Waals surface area (Å²) in [4.78, 5) is 0. The Balaban J connectivity index is 1.75. The van der Waals surface area contributed by atoms with E-state index in [9.17, 15) is 0 Å². The van der Waals surface area contributed by atoms with Gasteiger partial charge in [0, 0.05) is 22.6 Å². The van der Waals surface area contributed by atoms with Crippen molar-refractivity contribution in [3.8, 4) is 28.4 Å². The van der Waals surface area contributed by atoms with Crippen LogP contribution >= 0.6 is 0 Å². The monoisotopic (exact) mass is 360 g/mol. The molecule has 0 saturated carbocycles. The molecule has 4 nitrogen and oxygen atoms in total. The predicted molar refractivity (Wildman–Crippen MR) is 106 cm³/mol. The number of fused-ring (bicyclic) bond motifs is 1. The van der Waals surface area contributed by atoms with Gasteiger partial charge in [0.2, 0.25) is 0 Å². The summed E-state index contributed by atoms with van der Waals surface area (Å²) in [7, 11) is 3.25. The normalized spacial score (nSPS) is 10.7. The molecule has 0 spiro atoms. The fraction of sp³-hybridized carbons (Fsp3) is 0.130. The van der Waals surface area contributed by atoms with Gasteiger partial charge in [-0.3, -0.25) is 0 Å². The number of ether oxygens (including phenoxy) is 3. The lowest BCUT2D eigenvalue weighted by molar-refractivity contribution is 0.307. The third kappa shape index (κ3) is 3.34. The SMILES string of the molecule is COc1cc(OC)c2occ(-c3ccccc3OCc3ccccc3)c2c1. The highest BCUT2D eigenvalue weighted by molar-refractivity contribution is 5.99. The highest BCUT2D eigenvalue weighted by atomic mass is 16.5. The first kappa shape index (κ1) is 17.0. The van der Waals surface area contributed by atoms with Crippen LogP contribution in [0, 0.1) is 0 Å². The zero-order valence-electron chi connectivity index (χ0n) is 15.3. The second kappa shape index (κ2) is 7.46. The van der Waals surface area contributed by atoms with E-state index in [2.05, 4.69) is 0 Å². The quantitative estimate of drug-likeness (QED) is 0.442. The lowest BCUT2D eigenvalue weighted by Gasteiger charge is -2.11. The Kier molecular flexibility index (Phi) is 4.71. The Labute approximate surface area is 157 Å². The molecular weight excluding hydrogens is 340 g/mol. The fourth-order valence-corrected chi connectivity index (χ4v) is 3.11. The van der Waals surface area contributed by atoms with E-state index in [1.54, 1.807) is 20.5 Å². The summed E-state index contributed by atoms with van der Waals surface area (Å²) >= 11 is 0. The van der Waals surface area contributed by atoms with Crippen LogP contribution in [0.1, 0.15) is 5.56 Å². The number of hydrogen-bond donors (Lipinski definition) is 0. The Morgan fingerprint density at radius 1 is 0.778 bits per heavy atom. The van der Waals surface area contributed by atoms with Crippen molar-refractivity contribution in [2.24, 2.45) is 0 Å². The van der Waals surface area contributed by atoms with Gasteiger partial charge >= 0.3 is 0 Å². The third-order valence-electron chi connectivity index (χ3n) is 4.48. The Hall–Kier alpha value is -3.40. The summed E-state index contributed by atoms with van der Waals surface area (Å²) in [6.07, 6.45) is 1.73. The molecule has 0 bridgehead atoms. The van der Waals surface area contributed by atoms with Crippen LogP contribution in [0.15, 0.2) is 77.4 Å². The molecule has 0 aliphatic carbocycles. The number of methoxy groups -OCH3 is 2. The summed E-state index contributed by atoms with van der Waals surface area (Å²) in [6.45, 7) is 0.500. The molecule has 0 radical (unpaired) electrons. The van der Waals surface area contributed by atoms with Crippen LogP contribution in [0.25, 0.3) is 22.1 Å². The van der Waals surface area contributed by atoms with Gasteiger partial charge in [-0.2, -0.15) is 0 Å². The van der Waals surface area contributed by atoms with Crippen LogP contribution in [0.2, 0.25) is 0 Å². The van der Waals surface area contributed by atoms with E-state index in [0.29, 0.717) is 23.7 Å². The number of furan rings is 1. The standard InChI is InChI=1S/C23H20O4/c1-24-17-12-19-20(15-27-23(19)22(13-17)25-2)18-10-6-7-11-21(18)26-14-16-8-4-3-5-9-16/h3-13,15H,14H2,1-2H3. The lowest BCUT2D eigenvalue weighted by atomic mass is 10.0.